The molecule has 34 heavy (non-hydrogen) atoms. The van der Waals surface area contributed by atoms with E-state index in [1.54, 1.807) is 10.2 Å². The van der Waals surface area contributed by atoms with Crippen molar-refractivity contribution in [2.75, 3.05) is 38.1 Å². The van der Waals surface area contributed by atoms with Crippen LogP contribution in [0, 0.1) is 0 Å². The van der Waals surface area contributed by atoms with E-state index in [-0.39, 0.29) is 24.3 Å². The van der Waals surface area contributed by atoms with E-state index in [1.165, 1.54) is 0 Å². The van der Waals surface area contributed by atoms with Crippen LogP contribution >= 0.6 is 0 Å². The van der Waals surface area contributed by atoms with Crippen molar-refractivity contribution in [3.8, 4) is 0 Å². The number of alkyl halides is 3. The minimum Gasteiger partial charge on any atom is -0.367 e. The van der Waals surface area contributed by atoms with Crippen molar-refractivity contribution in [3.05, 3.63) is 63.3 Å². The van der Waals surface area contributed by atoms with E-state index in [0.717, 1.165) is 17.7 Å². The van der Waals surface area contributed by atoms with Crippen molar-refractivity contribution in [1.82, 2.24) is 25.2 Å². The van der Waals surface area contributed by atoms with Crippen molar-refractivity contribution in [2.45, 2.75) is 26.1 Å². The summed E-state index contributed by atoms with van der Waals surface area (Å²) in [6, 6.07) is 7.84. The van der Waals surface area contributed by atoms with Gasteiger partial charge in [-0.1, -0.05) is 13.0 Å². The van der Waals surface area contributed by atoms with E-state index in [0.29, 0.717) is 42.8 Å². The van der Waals surface area contributed by atoms with E-state index in [9.17, 15) is 22.8 Å². The third-order valence-electron chi connectivity index (χ3n) is 5.77. The molecular formula is C23H25F3N6O2. The van der Waals surface area contributed by atoms with Crippen LogP contribution in [-0.2, 0) is 19.1 Å². The monoisotopic (exact) mass is 477 g/mol. The third-order valence-corrected chi connectivity index (χ3v) is 5.77. The number of pyridine rings is 1. The number of carbonyl (C=O) groups is 1. The number of amides is 1. The first-order valence-electron chi connectivity index (χ1n) is 12.2. The van der Waals surface area contributed by atoms with Crippen molar-refractivity contribution in [2.24, 2.45) is 0 Å². The Kier molecular flexibility index (Phi) is 5.52. The van der Waals surface area contributed by atoms with Crippen molar-refractivity contribution >= 4 is 22.6 Å². The minimum absolute atomic E-state index is 0.168. The average Bonchev–Trinajstić information content (AvgIpc) is 2.82. The zero-order valence-corrected chi connectivity index (χ0v) is 18.4. The normalized spacial score (nSPS) is 16.7. The fraction of sp³-hybridized carbons (Fsp3) is 0.391. The molecule has 4 rings (SSSR count). The van der Waals surface area contributed by atoms with Gasteiger partial charge in [0.25, 0.3) is 11.5 Å². The summed E-state index contributed by atoms with van der Waals surface area (Å²) in [6.07, 6.45) is -4.31. The Bertz CT molecular complexity index is 1370. The molecule has 1 aliphatic heterocycles. The number of aryl methyl sites for hydroxylation is 1. The average molecular weight is 478 g/mol. The number of aromatic nitrogens is 3. The van der Waals surface area contributed by atoms with Gasteiger partial charge in [-0.25, -0.2) is 9.97 Å². The number of carbonyl (C=O) groups excluding carboxylic acids is 1. The van der Waals surface area contributed by atoms with Gasteiger partial charge in [0, 0.05) is 43.8 Å². The fourth-order valence-electron chi connectivity index (χ4n) is 4.02. The van der Waals surface area contributed by atoms with Crippen LogP contribution in [0.25, 0.3) is 11.0 Å². The summed E-state index contributed by atoms with van der Waals surface area (Å²) in [7, 11) is 0. The molecule has 0 unspecified atom stereocenters. The first-order valence-corrected chi connectivity index (χ1v) is 10.7. The number of piperazine rings is 1. The number of hydrogen-bond acceptors (Lipinski definition) is 6. The summed E-state index contributed by atoms with van der Waals surface area (Å²) >= 11 is 0. The lowest BCUT2D eigenvalue weighted by molar-refractivity contribution is -0.140. The summed E-state index contributed by atoms with van der Waals surface area (Å²) in [6.45, 7) is 1.08. The molecule has 8 nitrogen and oxygen atoms in total. The molecule has 0 atom stereocenters. The van der Waals surface area contributed by atoms with Crippen LogP contribution in [0.1, 0.15) is 38.5 Å². The van der Waals surface area contributed by atoms with Gasteiger partial charge < -0.3 is 15.2 Å². The van der Waals surface area contributed by atoms with Gasteiger partial charge in [0.1, 0.15) is 11.4 Å². The molecule has 1 amide bonds. The van der Waals surface area contributed by atoms with Gasteiger partial charge in [0.15, 0.2) is 5.69 Å². The van der Waals surface area contributed by atoms with E-state index in [2.05, 4.69) is 19.9 Å². The molecule has 2 N–H and O–H groups in total. The molecule has 3 aromatic rings. The van der Waals surface area contributed by atoms with Gasteiger partial charge >= 0.3 is 6.18 Å². The van der Waals surface area contributed by atoms with Crippen LogP contribution in [0.5, 0.6) is 0 Å². The number of halogens is 3. The largest absolute Gasteiger partial charge is 0.435 e. The molecule has 0 aliphatic carbocycles. The Morgan fingerprint density at radius 2 is 1.94 bits per heavy atom. The standard InChI is InChI=1S/C23H25F3N6O2/c1-3-15-22(34)30-18-12-14(4-5-16(18)28-15)13-31-8-10-32(11-9-31)19-7-6-17(21(33)27-2)29-20(19)23(24,25)26/h4-7,12H,3,8-11,13H2,1-2H3,(H,27,33)(H,30,34)/i2D3. The summed E-state index contributed by atoms with van der Waals surface area (Å²) in [4.78, 5) is 38.4. The van der Waals surface area contributed by atoms with Gasteiger partial charge in [0.2, 0.25) is 0 Å². The van der Waals surface area contributed by atoms with Crippen LogP contribution in [-0.4, -0.2) is 58.9 Å². The van der Waals surface area contributed by atoms with Crippen LogP contribution in [0.4, 0.5) is 18.9 Å². The molecule has 2 aromatic heterocycles. The molecule has 180 valence electrons. The number of fused-ring (bicyclic) bond motifs is 1. The maximum Gasteiger partial charge on any atom is 0.435 e. The number of nitrogens with one attached hydrogen (secondary N) is 2. The fourth-order valence-corrected chi connectivity index (χ4v) is 4.02. The Morgan fingerprint density at radius 1 is 1.18 bits per heavy atom. The number of hydrogen-bond donors (Lipinski definition) is 2. The molecule has 0 bridgehead atoms. The quantitative estimate of drug-likeness (QED) is 0.587. The number of nitrogens with zero attached hydrogens (tertiary/aromatic N) is 4. The predicted octanol–water partition coefficient (Wildman–Crippen LogP) is 2.58. The molecule has 1 fully saturated rings. The van der Waals surface area contributed by atoms with E-state index < -0.39 is 30.4 Å². The van der Waals surface area contributed by atoms with E-state index in [4.69, 9.17) is 4.11 Å². The third kappa shape index (κ3) is 4.89. The van der Waals surface area contributed by atoms with Crippen LogP contribution in [0.2, 0.25) is 0 Å². The maximum atomic E-state index is 13.8. The Labute approximate surface area is 198 Å². The highest BCUT2D eigenvalue weighted by Gasteiger charge is 2.38. The predicted molar refractivity (Wildman–Crippen MR) is 122 cm³/mol. The van der Waals surface area contributed by atoms with Gasteiger partial charge in [-0.2, -0.15) is 13.2 Å². The molecule has 1 saturated heterocycles. The van der Waals surface area contributed by atoms with Gasteiger partial charge in [-0.15, -0.1) is 0 Å². The van der Waals surface area contributed by atoms with E-state index >= 15 is 0 Å². The molecule has 11 heteroatoms. The minimum atomic E-state index is -4.84. The zero-order valence-electron chi connectivity index (χ0n) is 21.4. The molecule has 3 heterocycles. The second-order valence-electron chi connectivity index (χ2n) is 8.00. The molecule has 1 aliphatic rings. The highest BCUT2D eigenvalue weighted by atomic mass is 19.4. The number of aromatic amines is 1. The number of H-pyrrole nitrogens is 1. The number of benzene rings is 1. The SMILES string of the molecule is [2H]C([2H])([2H])NC(=O)c1ccc(N2CCN(Cc3ccc4nc(CC)c(=O)[nH]c4c3)CC2)c(C(F)(F)F)n1. The highest BCUT2D eigenvalue weighted by Crippen LogP contribution is 2.35. The molecule has 0 saturated carbocycles. The zero-order chi connectivity index (χ0) is 27.0. The highest BCUT2D eigenvalue weighted by molar-refractivity contribution is 5.92. The van der Waals surface area contributed by atoms with Crippen molar-refractivity contribution in [3.63, 3.8) is 0 Å². The molecule has 0 radical (unpaired) electrons. The topological polar surface area (TPSA) is 94.2 Å². The van der Waals surface area contributed by atoms with Crippen molar-refractivity contribution in [1.29, 1.82) is 0 Å². The second kappa shape index (κ2) is 9.41. The molecular weight excluding hydrogens is 449 g/mol. The van der Waals surface area contributed by atoms with Crippen LogP contribution in [0.15, 0.2) is 35.1 Å². The van der Waals surface area contributed by atoms with Crippen LogP contribution in [0.3, 0.4) is 0 Å². The van der Waals surface area contributed by atoms with Gasteiger partial charge in [-0.3, -0.25) is 14.5 Å². The lowest BCUT2D eigenvalue weighted by Gasteiger charge is -2.37. The maximum absolute atomic E-state index is 13.8. The summed E-state index contributed by atoms with van der Waals surface area (Å²) in [5.74, 6) is -1.21. The van der Waals surface area contributed by atoms with Gasteiger partial charge in [0.05, 0.1) is 16.7 Å². The van der Waals surface area contributed by atoms with Gasteiger partial charge in [-0.05, 0) is 36.2 Å². The lowest BCUT2D eigenvalue weighted by atomic mass is 10.1. The summed E-state index contributed by atoms with van der Waals surface area (Å²) in [5, 5.41) is 1.65. The second-order valence-corrected chi connectivity index (χ2v) is 8.00. The van der Waals surface area contributed by atoms with E-state index in [1.807, 2.05) is 25.1 Å². The molecule has 0 spiro atoms. The Balaban J connectivity index is 1.47. The first-order chi connectivity index (χ1) is 17.3. The molecule has 1 aromatic carbocycles. The summed E-state index contributed by atoms with van der Waals surface area (Å²) in [5.41, 5.74) is 0.461. The Hall–Kier alpha value is -3.47. The lowest BCUT2D eigenvalue weighted by Crippen LogP contribution is -2.46. The smallest absolute Gasteiger partial charge is 0.367 e. The van der Waals surface area contributed by atoms with Crippen LogP contribution < -0.4 is 15.8 Å². The number of rotatable bonds is 5. The Morgan fingerprint density at radius 3 is 2.62 bits per heavy atom. The first kappa shape index (κ1) is 20.0. The van der Waals surface area contributed by atoms with Crippen molar-refractivity contribution < 1.29 is 22.1 Å². The number of anilines is 1. The summed E-state index contributed by atoms with van der Waals surface area (Å²) < 4.78 is 62.6.